The average molecular weight is 354 g/mol. The molecule has 1 unspecified atom stereocenters. The van der Waals surface area contributed by atoms with Crippen molar-refractivity contribution in [3.05, 3.63) is 54.6 Å². The molecular weight excluding hydrogens is 330 g/mol. The fourth-order valence-electron chi connectivity index (χ4n) is 2.02. The van der Waals surface area contributed by atoms with E-state index in [9.17, 15) is 0 Å². The Hall–Kier alpha value is -1.36. The molecule has 0 aromatic heterocycles. The molecule has 5 heteroatoms. The Morgan fingerprint density at radius 2 is 1.48 bits per heavy atom. The third-order valence-electron chi connectivity index (χ3n) is 3.28. The molecule has 0 aliphatic rings. The number of thiol groups is 1. The van der Waals surface area contributed by atoms with Crippen LogP contribution in [0.5, 0.6) is 17.2 Å². The average Bonchev–Trinajstić information content (AvgIpc) is 2.57. The lowest BCUT2D eigenvalue weighted by atomic mass is 10.1. The molecule has 0 bridgehead atoms. The molecule has 2 rings (SSSR count). The topological polar surface area (TPSA) is 44.5 Å². The predicted octanol–water partition coefficient (Wildman–Crippen LogP) is 4.71. The number of ether oxygens (including phenoxy) is 2. The van der Waals surface area contributed by atoms with Crippen LogP contribution in [-0.2, 0) is 0 Å². The van der Waals surface area contributed by atoms with E-state index in [-0.39, 0.29) is 18.4 Å². The van der Waals surface area contributed by atoms with Crippen LogP contribution in [-0.4, -0.2) is 18.4 Å². The highest BCUT2D eigenvalue weighted by molar-refractivity contribution is 7.80. The Morgan fingerprint density at radius 3 is 2.13 bits per heavy atom. The highest BCUT2D eigenvalue weighted by atomic mass is 35.5. The number of halogens is 1. The molecule has 1 atom stereocenters. The van der Waals surface area contributed by atoms with E-state index in [1.807, 2.05) is 54.6 Å². The summed E-state index contributed by atoms with van der Waals surface area (Å²) in [6.07, 6.45) is 3.07. The molecule has 0 aliphatic carbocycles. The summed E-state index contributed by atoms with van der Waals surface area (Å²) in [7, 11) is 0. The molecule has 2 aromatic rings. The monoisotopic (exact) mass is 353 g/mol. The van der Waals surface area contributed by atoms with Gasteiger partial charge in [-0.05, 0) is 55.7 Å². The van der Waals surface area contributed by atoms with E-state index in [1.165, 1.54) is 0 Å². The lowest BCUT2D eigenvalue weighted by Gasteiger charge is -2.10. The van der Waals surface area contributed by atoms with Gasteiger partial charge in [0.05, 0.1) is 6.61 Å². The molecule has 0 amide bonds. The van der Waals surface area contributed by atoms with Gasteiger partial charge >= 0.3 is 0 Å². The first-order chi connectivity index (χ1) is 10.8. The zero-order valence-corrected chi connectivity index (χ0v) is 14.8. The number of para-hydroxylation sites is 1. The Labute approximate surface area is 150 Å². The summed E-state index contributed by atoms with van der Waals surface area (Å²) < 4.78 is 11.4. The summed E-state index contributed by atoms with van der Waals surface area (Å²) in [4.78, 5) is 0. The molecule has 0 saturated carbocycles. The highest BCUT2D eigenvalue weighted by Crippen LogP contribution is 2.23. The summed E-state index contributed by atoms with van der Waals surface area (Å²) in [5, 5.41) is 0. The minimum absolute atomic E-state index is 0. The van der Waals surface area contributed by atoms with Crippen LogP contribution in [0.4, 0.5) is 0 Å². The van der Waals surface area contributed by atoms with E-state index in [1.54, 1.807) is 0 Å². The van der Waals surface area contributed by atoms with E-state index in [4.69, 9.17) is 15.2 Å². The number of hydrogen-bond acceptors (Lipinski definition) is 4. The Bertz CT molecular complexity index is 536. The van der Waals surface area contributed by atoms with Gasteiger partial charge in [-0.25, -0.2) is 0 Å². The summed E-state index contributed by atoms with van der Waals surface area (Å²) in [6, 6.07) is 17.6. The minimum atomic E-state index is 0. The van der Waals surface area contributed by atoms with Gasteiger partial charge in [-0.15, -0.1) is 12.4 Å². The lowest BCUT2D eigenvalue weighted by Crippen LogP contribution is -2.21. The fraction of sp³-hybridized carbons (Fsp3) is 0.333. The van der Waals surface area contributed by atoms with Crippen molar-refractivity contribution in [2.24, 2.45) is 5.73 Å². The maximum absolute atomic E-state index is 5.82. The third kappa shape index (κ3) is 7.64. The van der Waals surface area contributed by atoms with Crippen LogP contribution in [0.3, 0.4) is 0 Å². The van der Waals surface area contributed by atoms with Gasteiger partial charge in [0.1, 0.15) is 17.2 Å². The summed E-state index contributed by atoms with van der Waals surface area (Å²) >= 11 is 4.17. The molecule has 23 heavy (non-hydrogen) atoms. The highest BCUT2D eigenvalue weighted by Gasteiger charge is 2.00. The van der Waals surface area contributed by atoms with E-state index in [0.717, 1.165) is 42.3 Å². The second kappa shape index (κ2) is 11.2. The number of unbranched alkanes of at least 4 members (excludes halogenated alkanes) is 1. The number of nitrogens with two attached hydrogens (primary N) is 1. The smallest absolute Gasteiger partial charge is 0.127 e. The van der Waals surface area contributed by atoms with Crippen molar-refractivity contribution in [1.29, 1.82) is 0 Å². The van der Waals surface area contributed by atoms with Gasteiger partial charge in [-0.2, -0.15) is 12.6 Å². The largest absolute Gasteiger partial charge is 0.494 e. The second-order valence-corrected chi connectivity index (χ2v) is 5.54. The van der Waals surface area contributed by atoms with Gasteiger partial charge < -0.3 is 15.2 Å². The van der Waals surface area contributed by atoms with Crippen LogP contribution < -0.4 is 15.2 Å². The normalized spacial score (nSPS) is 11.4. The van der Waals surface area contributed by atoms with Crippen LogP contribution in [0.25, 0.3) is 0 Å². The van der Waals surface area contributed by atoms with Crippen LogP contribution >= 0.6 is 25.0 Å². The Kier molecular flexibility index (Phi) is 9.60. The molecule has 0 saturated heterocycles. The van der Waals surface area contributed by atoms with Crippen molar-refractivity contribution in [3.63, 3.8) is 0 Å². The number of benzene rings is 2. The van der Waals surface area contributed by atoms with E-state index in [2.05, 4.69) is 12.6 Å². The first-order valence-electron chi connectivity index (χ1n) is 7.60. The molecule has 0 spiro atoms. The van der Waals surface area contributed by atoms with Crippen molar-refractivity contribution in [2.75, 3.05) is 12.4 Å². The molecule has 0 radical (unpaired) electrons. The summed E-state index contributed by atoms with van der Waals surface area (Å²) in [6.45, 7) is 0.707. The lowest BCUT2D eigenvalue weighted by molar-refractivity contribution is 0.303. The molecular formula is C18H24ClNO2S. The summed E-state index contributed by atoms with van der Waals surface area (Å²) in [5.74, 6) is 3.23. The van der Waals surface area contributed by atoms with Crippen molar-refractivity contribution < 1.29 is 9.47 Å². The number of rotatable bonds is 9. The van der Waals surface area contributed by atoms with Crippen molar-refractivity contribution in [3.8, 4) is 17.2 Å². The van der Waals surface area contributed by atoms with Crippen molar-refractivity contribution >= 4 is 25.0 Å². The number of hydrogen-bond donors (Lipinski definition) is 2. The molecule has 2 N–H and O–H groups in total. The standard InChI is InChI=1S/C18H23NO2S.ClH/c19-15(14-22)6-4-5-13-20-16-9-11-18(12-10-16)21-17-7-2-1-3-8-17;/h1-3,7-12,15,22H,4-6,13-14,19H2;1H. The molecule has 0 fully saturated rings. The SMILES string of the molecule is Cl.NC(CS)CCCCOc1ccc(Oc2ccccc2)cc1. The minimum Gasteiger partial charge on any atom is -0.494 e. The van der Waals surface area contributed by atoms with Crippen LogP contribution in [0.1, 0.15) is 19.3 Å². The van der Waals surface area contributed by atoms with E-state index < -0.39 is 0 Å². The molecule has 0 aliphatic heterocycles. The third-order valence-corrected chi connectivity index (χ3v) is 3.74. The zero-order valence-electron chi connectivity index (χ0n) is 13.1. The maximum Gasteiger partial charge on any atom is 0.127 e. The van der Waals surface area contributed by atoms with Gasteiger partial charge in [0, 0.05) is 11.8 Å². The predicted molar refractivity (Wildman–Crippen MR) is 101 cm³/mol. The maximum atomic E-state index is 5.82. The molecule has 3 nitrogen and oxygen atoms in total. The quantitative estimate of drug-likeness (QED) is 0.507. The van der Waals surface area contributed by atoms with Gasteiger partial charge in [0.25, 0.3) is 0 Å². The van der Waals surface area contributed by atoms with Gasteiger partial charge in [0.2, 0.25) is 0 Å². The molecule has 126 valence electrons. The summed E-state index contributed by atoms with van der Waals surface area (Å²) in [5.41, 5.74) is 5.82. The zero-order chi connectivity index (χ0) is 15.6. The van der Waals surface area contributed by atoms with Crippen LogP contribution in [0.2, 0.25) is 0 Å². The fourth-order valence-corrected chi connectivity index (χ4v) is 2.20. The van der Waals surface area contributed by atoms with Gasteiger partial charge in [-0.1, -0.05) is 18.2 Å². The van der Waals surface area contributed by atoms with E-state index >= 15 is 0 Å². The molecule has 0 heterocycles. The molecule has 2 aromatic carbocycles. The van der Waals surface area contributed by atoms with Crippen molar-refractivity contribution in [2.45, 2.75) is 25.3 Å². The van der Waals surface area contributed by atoms with Gasteiger partial charge in [0.15, 0.2) is 0 Å². The van der Waals surface area contributed by atoms with Gasteiger partial charge in [-0.3, -0.25) is 0 Å². The second-order valence-electron chi connectivity index (χ2n) is 5.17. The van der Waals surface area contributed by atoms with Crippen molar-refractivity contribution in [1.82, 2.24) is 0 Å². The Morgan fingerprint density at radius 1 is 0.870 bits per heavy atom. The van der Waals surface area contributed by atoms with Crippen LogP contribution in [0, 0.1) is 0 Å². The van der Waals surface area contributed by atoms with E-state index in [0.29, 0.717) is 6.61 Å². The first kappa shape index (κ1) is 19.7. The van der Waals surface area contributed by atoms with Crippen LogP contribution in [0.15, 0.2) is 54.6 Å². The first-order valence-corrected chi connectivity index (χ1v) is 8.23. The Balaban J connectivity index is 0.00000264.